The molecule has 1 aliphatic rings. The highest BCUT2D eigenvalue weighted by Gasteiger charge is 2.39. The summed E-state index contributed by atoms with van der Waals surface area (Å²) in [5.74, 6) is -1.31. The first-order valence-electron chi connectivity index (χ1n) is 8.80. The SMILES string of the molecule is CCCCc1ccc(NC(=O)C(=O)NC2CCCC2(C)CO)cc1. The highest BCUT2D eigenvalue weighted by molar-refractivity contribution is 6.39. The number of rotatable bonds is 6. The van der Waals surface area contributed by atoms with Gasteiger partial charge in [-0.3, -0.25) is 9.59 Å². The zero-order chi connectivity index (χ0) is 17.6. The van der Waals surface area contributed by atoms with Gasteiger partial charge in [-0.15, -0.1) is 0 Å². The number of aliphatic hydroxyl groups excluding tert-OH is 1. The van der Waals surface area contributed by atoms with Crippen LogP contribution in [-0.4, -0.2) is 29.6 Å². The molecule has 1 aromatic carbocycles. The smallest absolute Gasteiger partial charge is 0.313 e. The van der Waals surface area contributed by atoms with Crippen molar-refractivity contribution < 1.29 is 14.7 Å². The normalized spacial score (nSPS) is 23.0. The van der Waals surface area contributed by atoms with Crippen molar-refractivity contribution in [3.05, 3.63) is 29.8 Å². The molecule has 2 rings (SSSR count). The van der Waals surface area contributed by atoms with Gasteiger partial charge in [-0.1, -0.05) is 38.8 Å². The molecular weight excluding hydrogens is 304 g/mol. The van der Waals surface area contributed by atoms with E-state index in [-0.39, 0.29) is 18.1 Å². The summed E-state index contributed by atoms with van der Waals surface area (Å²) in [4.78, 5) is 24.2. The Kier molecular flexibility index (Phi) is 6.37. The summed E-state index contributed by atoms with van der Waals surface area (Å²) in [5.41, 5.74) is 1.51. The molecule has 5 nitrogen and oxygen atoms in total. The molecule has 0 spiro atoms. The number of carbonyl (C=O) groups is 2. The van der Waals surface area contributed by atoms with Crippen molar-refractivity contribution in [3.8, 4) is 0 Å². The Labute approximate surface area is 143 Å². The standard InChI is InChI=1S/C19H28N2O3/c1-3-4-6-14-8-10-15(11-9-14)20-17(23)18(24)21-16-7-5-12-19(16,2)13-22/h8-11,16,22H,3-7,12-13H2,1-2H3,(H,20,23)(H,21,24). The highest BCUT2D eigenvalue weighted by atomic mass is 16.3. The van der Waals surface area contributed by atoms with Crippen molar-refractivity contribution >= 4 is 17.5 Å². The molecule has 132 valence electrons. The second-order valence-corrected chi connectivity index (χ2v) is 6.99. The monoisotopic (exact) mass is 332 g/mol. The number of amides is 2. The minimum Gasteiger partial charge on any atom is -0.396 e. The molecule has 1 aliphatic carbocycles. The number of aliphatic hydroxyl groups is 1. The number of aryl methyl sites for hydroxylation is 1. The predicted octanol–water partition coefficient (Wildman–Crippen LogP) is 2.64. The lowest BCUT2D eigenvalue weighted by molar-refractivity contribution is -0.137. The molecule has 1 saturated carbocycles. The summed E-state index contributed by atoms with van der Waals surface area (Å²) in [5, 5.41) is 14.9. The molecule has 0 aromatic heterocycles. The average Bonchev–Trinajstić information content (AvgIpc) is 2.95. The topological polar surface area (TPSA) is 78.4 Å². The van der Waals surface area contributed by atoms with Crippen LogP contribution in [0.1, 0.15) is 51.5 Å². The van der Waals surface area contributed by atoms with Gasteiger partial charge in [0.15, 0.2) is 0 Å². The second kappa shape index (κ2) is 8.29. The van der Waals surface area contributed by atoms with Crippen molar-refractivity contribution in [2.24, 2.45) is 5.41 Å². The molecule has 2 atom stereocenters. The van der Waals surface area contributed by atoms with E-state index in [0.717, 1.165) is 38.5 Å². The van der Waals surface area contributed by atoms with E-state index in [4.69, 9.17) is 0 Å². The van der Waals surface area contributed by atoms with Gasteiger partial charge in [0.25, 0.3) is 0 Å². The van der Waals surface area contributed by atoms with Crippen LogP contribution in [0.15, 0.2) is 24.3 Å². The molecule has 0 bridgehead atoms. The summed E-state index contributed by atoms with van der Waals surface area (Å²) in [7, 11) is 0. The third-order valence-corrected chi connectivity index (χ3v) is 4.99. The largest absolute Gasteiger partial charge is 0.396 e. The lowest BCUT2D eigenvalue weighted by atomic mass is 9.86. The third-order valence-electron chi connectivity index (χ3n) is 4.99. The summed E-state index contributed by atoms with van der Waals surface area (Å²) in [6.07, 6.45) is 5.90. The Hall–Kier alpha value is -1.88. The quantitative estimate of drug-likeness (QED) is 0.701. The Morgan fingerprint density at radius 2 is 1.96 bits per heavy atom. The zero-order valence-electron chi connectivity index (χ0n) is 14.6. The van der Waals surface area contributed by atoms with Gasteiger partial charge in [-0.05, 0) is 43.4 Å². The third kappa shape index (κ3) is 4.57. The molecule has 0 saturated heterocycles. The first kappa shape index (κ1) is 18.5. The Balaban J connectivity index is 1.88. The molecule has 5 heteroatoms. The lowest BCUT2D eigenvalue weighted by Crippen LogP contribution is -2.48. The molecule has 3 N–H and O–H groups in total. The van der Waals surface area contributed by atoms with E-state index >= 15 is 0 Å². The van der Waals surface area contributed by atoms with Gasteiger partial charge in [-0.2, -0.15) is 0 Å². The molecular formula is C19H28N2O3. The summed E-state index contributed by atoms with van der Waals surface area (Å²) in [6, 6.07) is 7.44. The summed E-state index contributed by atoms with van der Waals surface area (Å²) < 4.78 is 0. The van der Waals surface area contributed by atoms with E-state index in [9.17, 15) is 14.7 Å². The Morgan fingerprint density at radius 3 is 2.58 bits per heavy atom. The number of anilines is 1. The van der Waals surface area contributed by atoms with Crippen LogP contribution in [0.25, 0.3) is 0 Å². The number of hydrogen-bond donors (Lipinski definition) is 3. The first-order chi connectivity index (χ1) is 11.5. The molecule has 0 aliphatic heterocycles. The van der Waals surface area contributed by atoms with Gasteiger partial charge < -0.3 is 15.7 Å². The van der Waals surface area contributed by atoms with Crippen molar-refractivity contribution in [2.45, 2.75) is 58.4 Å². The maximum absolute atomic E-state index is 12.1. The Morgan fingerprint density at radius 1 is 1.25 bits per heavy atom. The maximum atomic E-state index is 12.1. The van der Waals surface area contributed by atoms with Crippen LogP contribution in [0, 0.1) is 5.41 Å². The number of carbonyl (C=O) groups excluding carboxylic acids is 2. The molecule has 2 unspecified atom stereocenters. The number of benzene rings is 1. The van der Waals surface area contributed by atoms with Crippen molar-refractivity contribution in [3.63, 3.8) is 0 Å². The van der Waals surface area contributed by atoms with E-state index in [2.05, 4.69) is 17.6 Å². The van der Waals surface area contributed by atoms with Gasteiger partial charge in [0, 0.05) is 17.1 Å². The van der Waals surface area contributed by atoms with E-state index in [1.807, 2.05) is 31.2 Å². The van der Waals surface area contributed by atoms with Crippen LogP contribution in [0.3, 0.4) is 0 Å². The first-order valence-corrected chi connectivity index (χ1v) is 8.80. The molecule has 1 aromatic rings. The predicted molar refractivity (Wildman–Crippen MR) is 94.7 cm³/mol. The lowest BCUT2D eigenvalue weighted by Gasteiger charge is -2.29. The fraction of sp³-hybridized carbons (Fsp3) is 0.579. The van der Waals surface area contributed by atoms with Crippen LogP contribution in [-0.2, 0) is 16.0 Å². The zero-order valence-corrected chi connectivity index (χ0v) is 14.6. The van der Waals surface area contributed by atoms with E-state index in [1.54, 1.807) is 0 Å². The molecule has 24 heavy (non-hydrogen) atoms. The van der Waals surface area contributed by atoms with Gasteiger partial charge >= 0.3 is 11.8 Å². The van der Waals surface area contributed by atoms with Crippen LogP contribution in [0.5, 0.6) is 0 Å². The molecule has 0 radical (unpaired) electrons. The maximum Gasteiger partial charge on any atom is 0.313 e. The van der Waals surface area contributed by atoms with Crippen LogP contribution in [0.4, 0.5) is 5.69 Å². The van der Waals surface area contributed by atoms with Crippen molar-refractivity contribution in [2.75, 3.05) is 11.9 Å². The highest BCUT2D eigenvalue weighted by Crippen LogP contribution is 2.37. The molecule has 2 amide bonds. The average molecular weight is 332 g/mol. The second-order valence-electron chi connectivity index (χ2n) is 6.99. The summed E-state index contributed by atoms with van der Waals surface area (Å²) in [6.45, 7) is 4.11. The van der Waals surface area contributed by atoms with E-state index in [0.29, 0.717) is 5.69 Å². The number of nitrogens with one attached hydrogen (secondary N) is 2. The van der Waals surface area contributed by atoms with Gasteiger partial charge in [0.2, 0.25) is 0 Å². The van der Waals surface area contributed by atoms with Crippen LogP contribution >= 0.6 is 0 Å². The fourth-order valence-corrected chi connectivity index (χ4v) is 3.22. The minimum absolute atomic E-state index is 0.0127. The van der Waals surface area contributed by atoms with Crippen molar-refractivity contribution in [1.82, 2.24) is 5.32 Å². The minimum atomic E-state index is -0.663. The number of unbranched alkanes of at least 4 members (excludes halogenated alkanes) is 1. The van der Waals surface area contributed by atoms with E-state index in [1.165, 1.54) is 5.56 Å². The fourth-order valence-electron chi connectivity index (χ4n) is 3.22. The number of hydrogen-bond acceptors (Lipinski definition) is 3. The van der Waals surface area contributed by atoms with Crippen LogP contribution in [0.2, 0.25) is 0 Å². The van der Waals surface area contributed by atoms with Gasteiger partial charge in [0.05, 0.1) is 6.61 Å². The summed E-state index contributed by atoms with van der Waals surface area (Å²) >= 11 is 0. The Bertz CT molecular complexity index is 570. The van der Waals surface area contributed by atoms with Gasteiger partial charge in [0.1, 0.15) is 0 Å². The van der Waals surface area contributed by atoms with Crippen LogP contribution < -0.4 is 10.6 Å². The molecule has 1 fully saturated rings. The van der Waals surface area contributed by atoms with Gasteiger partial charge in [-0.25, -0.2) is 0 Å². The van der Waals surface area contributed by atoms with Crippen molar-refractivity contribution in [1.29, 1.82) is 0 Å². The van der Waals surface area contributed by atoms with E-state index < -0.39 is 11.8 Å². The molecule has 0 heterocycles.